The standard InChI is InChI=1S/C30H33N7O/c1-4-22(38)13-12-21-16-18(3)28-30(31-21)37(27(5-2)32-28)26-15-11-20-17-19(10-14-24(20)26)23-8-6-7-9-25(23)29-33-35-36-34-29/h6-10,14,16-17,22,26,38H,4-5,11-13,15H2,1-3H3,(H,33,34,35,36)/t22?,26-/m0/s1. The summed E-state index contributed by atoms with van der Waals surface area (Å²) in [5, 5.41) is 24.6. The van der Waals surface area contributed by atoms with Crippen molar-refractivity contribution in [2.45, 2.75) is 71.4 Å². The molecule has 0 fully saturated rings. The molecule has 38 heavy (non-hydrogen) atoms. The largest absolute Gasteiger partial charge is 0.393 e. The summed E-state index contributed by atoms with van der Waals surface area (Å²) in [4.78, 5) is 10.1. The highest BCUT2D eigenvalue weighted by atomic mass is 16.3. The van der Waals surface area contributed by atoms with E-state index in [2.05, 4.69) is 75.4 Å². The summed E-state index contributed by atoms with van der Waals surface area (Å²) in [7, 11) is 0. The summed E-state index contributed by atoms with van der Waals surface area (Å²) < 4.78 is 2.38. The molecule has 0 aliphatic heterocycles. The van der Waals surface area contributed by atoms with Gasteiger partial charge >= 0.3 is 0 Å². The molecule has 2 aromatic carbocycles. The van der Waals surface area contributed by atoms with Crippen LogP contribution in [0.15, 0.2) is 48.5 Å². The van der Waals surface area contributed by atoms with Gasteiger partial charge in [0.2, 0.25) is 0 Å². The van der Waals surface area contributed by atoms with Gasteiger partial charge in [0.25, 0.3) is 0 Å². The van der Waals surface area contributed by atoms with Crippen LogP contribution in [0.3, 0.4) is 0 Å². The molecule has 194 valence electrons. The van der Waals surface area contributed by atoms with Crippen LogP contribution in [0.4, 0.5) is 0 Å². The maximum Gasteiger partial charge on any atom is 0.180 e. The minimum atomic E-state index is -0.287. The summed E-state index contributed by atoms with van der Waals surface area (Å²) in [6.07, 6.45) is 4.84. The fourth-order valence-electron chi connectivity index (χ4n) is 5.80. The molecule has 0 amide bonds. The monoisotopic (exact) mass is 507 g/mol. The number of aromatic amines is 1. The molecule has 0 radical (unpaired) electrons. The number of aryl methyl sites for hydroxylation is 4. The minimum Gasteiger partial charge on any atom is -0.393 e. The zero-order valence-electron chi connectivity index (χ0n) is 22.1. The van der Waals surface area contributed by atoms with Crippen molar-refractivity contribution >= 4 is 11.2 Å². The second-order valence-electron chi connectivity index (χ2n) is 10.2. The zero-order chi connectivity index (χ0) is 26.2. The lowest BCUT2D eigenvalue weighted by Crippen LogP contribution is -2.12. The van der Waals surface area contributed by atoms with Gasteiger partial charge in [0.05, 0.1) is 12.1 Å². The van der Waals surface area contributed by atoms with Crippen molar-refractivity contribution in [3.05, 3.63) is 76.7 Å². The number of pyridine rings is 1. The van der Waals surface area contributed by atoms with Crippen LogP contribution in [-0.4, -0.2) is 46.4 Å². The number of aromatic nitrogens is 7. The number of hydrogen-bond acceptors (Lipinski definition) is 6. The number of imidazole rings is 1. The molecule has 8 nitrogen and oxygen atoms in total. The lowest BCUT2D eigenvalue weighted by molar-refractivity contribution is 0.160. The Morgan fingerprint density at radius 2 is 1.92 bits per heavy atom. The van der Waals surface area contributed by atoms with Crippen LogP contribution in [0.2, 0.25) is 0 Å². The smallest absolute Gasteiger partial charge is 0.180 e. The molecule has 0 saturated carbocycles. The molecule has 1 aliphatic rings. The second kappa shape index (κ2) is 10.1. The summed E-state index contributed by atoms with van der Waals surface area (Å²) in [5.74, 6) is 1.74. The molecule has 0 saturated heterocycles. The van der Waals surface area contributed by atoms with Crippen molar-refractivity contribution < 1.29 is 5.11 Å². The van der Waals surface area contributed by atoms with Crippen LogP contribution in [0, 0.1) is 6.92 Å². The predicted molar refractivity (Wildman–Crippen MR) is 148 cm³/mol. The summed E-state index contributed by atoms with van der Waals surface area (Å²) >= 11 is 0. The van der Waals surface area contributed by atoms with Gasteiger partial charge in [0.15, 0.2) is 11.5 Å². The van der Waals surface area contributed by atoms with E-state index in [1.54, 1.807) is 0 Å². The van der Waals surface area contributed by atoms with E-state index in [0.29, 0.717) is 5.82 Å². The fraction of sp³-hybridized carbons (Fsp3) is 0.367. The SMILES string of the molecule is CCc1nc2c(C)cc(CCC(O)CC)nc2n1[C@H]1CCc2cc(-c3ccccc3-c3nnn[nH]3)ccc21. The van der Waals surface area contributed by atoms with Gasteiger partial charge in [0.1, 0.15) is 11.3 Å². The summed E-state index contributed by atoms with van der Waals surface area (Å²) in [5.41, 5.74) is 10.1. The normalized spacial score (nSPS) is 15.7. The van der Waals surface area contributed by atoms with Crippen molar-refractivity contribution in [2.75, 3.05) is 0 Å². The summed E-state index contributed by atoms with van der Waals surface area (Å²) in [6, 6.07) is 17.4. The number of aliphatic hydroxyl groups is 1. The van der Waals surface area contributed by atoms with Gasteiger partial charge in [-0.05, 0) is 83.3 Å². The highest BCUT2D eigenvalue weighted by Gasteiger charge is 2.29. The van der Waals surface area contributed by atoms with Gasteiger partial charge in [-0.1, -0.05) is 56.3 Å². The van der Waals surface area contributed by atoms with Crippen molar-refractivity contribution in [3.8, 4) is 22.5 Å². The first kappa shape index (κ1) is 24.4. The van der Waals surface area contributed by atoms with Crippen molar-refractivity contribution in [1.29, 1.82) is 0 Å². The Morgan fingerprint density at radius 1 is 1.08 bits per heavy atom. The number of tetrazole rings is 1. The predicted octanol–water partition coefficient (Wildman–Crippen LogP) is 5.39. The Kier molecular flexibility index (Phi) is 6.49. The van der Waals surface area contributed by atoms with E-state index in [-0.39, 0.29) is 12.1 Å². The lowest BCUT2D eigenvalue weighted by Gasteiger charge is -2.18. The third-order valence-corrected chi connectivity index (χ3v) is 7.83. The quantitative estimate of drug-likeness (QED) is 0.292. The van der Waals surface area contributed by atoms with E-state index in [1.807, 2.05) is 19.1 Å². The van der Waals surface area contributed by atoms with Crippen LogP contribution in [0.25, 0.3) is 33.7 Å². The van der Waals surface area contributed by atoms with E-state index in [9.17, 15) is 5.11 Å². The second-order valence-corrected chi connectivity index (χ2v) is 10.2. The highest BCUT2D eigenvalue weighted by molar-refractivity contribution is 5.81. The number of fused-ring (bicyclic) bond motifs is 2. The first-order valence-corrected chi connectivity index (χ1v) is 13.6. The third kappa shape index (κ3) is 4.28. The molecule has 1 aliphatic carbocycles. The number of nitrogens with zero attached hydrogens (tertiary/aromatic N) is 6. The molecule has 0 bridgehead atoms. The Labute approximate surface area is 222 Å². The topological polar surface area (TPSA) is 105 Å². The van der Waals surface area contributed by atoms with Gasteiger partial charge in [-0.15, -0.1) is 5.10 Å². The molecule has 2 atom stereocenters. The lowest BCUT2D eigenvalue weighted by atomic mass is 9.96. The van der Waals surface area contributed by atoms with Crippen molar-refractivity contribution in [3.63, 3.8) is 0 Å². The van der Waals surface area contributed by atoms with E-state index in [4.69, 9.17) is 9.97 Å². The van der Waals surface area contributed by atoms with Crippen LogP contribution in [-0.2, 0) is 19.3 Å². The molecule has 1 unspecified atom stereocenters. The number of rotatable bonds is 8. The van der Waals surface area contributed by atoms with Gasteiger partial charge in [-0.3, -0.25) is 0 Å². The molecular weight excluding hydrogens is 474 g/mol. The van der Waals surface area contributed by atoms with Gasteiger partial charge in [-0.25, -0.2) is 15.1 Å². The van der Waals surface area contributed by atoms with Gasteiger partial charge in [-0.2, -0.15) is 0 Å². The number of aliphatic hydroxyl groups excluding tert-OH is 1. The molecule has 0 spiro atoms. The Bertz CT molecular complexity index is 1590. The van der Waals surface area contributed by atoms with Crippen LogP contribution in [0.1, 0.15) is 67.4 Å². The molecule has 5 aromatic rings. The Morgan fingerprint density at radius 3 is 2.68 bits per heavy atom. The van der Waals surface area contributed by atoms with Gasteiger partial charge in [0, 0.05) is 17.7 Å². The van der Waals surface area contributed by atoms with E-state index in [1.165, 1.54) is 11.1 Å². The average molecular weight is 508 g/mol. The fourth-order valence-corrected chi connectivity index (χ4v) is 5.80. The van der Waals surface area contributed by atoms with E-state index in [0.717, 1.165) is 83.5 Å². The highest BCUT2D eigenvalue weighted by Crippen LogP contribution is 2.40. The maximum atomic E-state index is 10.1. The molecule has 2 N–H and O–H groups in total. The molecule has 3 heterocycles. The molecule has 8 heteroatoms. The number of nitrogens with one attached hydrogen (secondary N) is 1. The van der Waals surface area contributed by atoms with Crippen LogP contribution in [0.5, 0.6) is 0 Å². The Hall–Kier alpha value is -3.91. The number of H-pyrrole nitrogens is 1. The zero-order valence-corrected chi connectivity index (χ0v) is 22.1. The van der Waals surface area contributed by atoms with E-state index >= 15 is 0 Å². The van der Waals surface area contributed by atoms with Gasteiger partial charge < -0.3 is 9.67 Å². The van der Waals surface area contributed by atoms with E-state index < -0.39 is 0 Å². The molecule has 6 rings (SSSR count). The van der Waals surface area contributed by atoms with Crippen LogP contribution >= 0.6 is 0 Å². The third-order valence-electron chi connectivity index (χ3n) is 7.83. The minimum absolute atomic E-state index is 0.205. The molecule has 3 aromatic heterocycles. The molecular formula is C30H33N7O. The summed E-state index contributed by atoms with van der Waals surface area (Å²) in [6.45, 7) is 6.30. The number of hydrogen-bond donors (Lipinski definition) is 2. The maximum absolute atomic E-state index is 10.1. The first-order chi connectivity index (χ1) is 18.6. The Balaban J connectivity index is 1.40. The first-order valence-electron chi connectivity index (χ1n) is 13.6. The van der Waals surface area contributed by atoms with Crippen LogP contribution < -0.4 is 0 Å². The average Bonchev–Trinajstić information content (AvgIpc) is 3.70. The van der Waals surface area contributed by atoms with Crippen molar-refractivity contribution in [2.24, 2.45) is 0 Å². The van der Waals surface area contributed by atoms with Crippen molar-refractivity contribution in [1.82, 2.24) is 35.2 Å². The number of benzene rings is 2.